The Balaban J connectivity index is 2.87. The molecule has 0 aliphatic rings. The topological polar surface area (TPSA) is 54.4 Å². The predicted octanol–water partition coefficient (Wildman–Crippen LogP) is 2.83. The van der Waals surface area contributed by atoms with Crippen molar-refractivity contribution in [3.8, 4) is 0 Å². The highest BCUT2D eigenvalue weighted by molar-refractivity contribution is 7.86. The molecule has 4 heteroatoms. The van der Waals surface area contributed by atoms with Gasteiger partial charge in [-0.3, -0.25) is 4.55 Å². The molecule has 90 valence electrons. The van der Waals surface area contributed by atoms with Crippen molar-refractivity contribution in [3.63, 3.8) is 0 Å². The van der Waals surface area contributed by atoms with E-state index in [2.05, 4.69) is 13.8 Å². The average molecular weight is 242 g/mol. The Morgan fingerprint density at radius 1 is 1.12 bits per heavy atom. The molecular weight excluding hydrogens is 224 g/mol. The standard InChI is InChI=1S/C12H18O3S/c1-9(2)8-11-4-6-12(7-5-11)10(3)16(13,14)15/h4-7,9-10H,8H2,1-3H3,(H,13,14,15)/t10-/m1/s1. The summed E-state index contributed by atoms with van der Waals surface area (Å²) in [6, 6.07) is 7.35. The molecule has 1 aromatic carbocycles. The van der Waals surface area contributed by atoms with E-state index < -0.39 is 15.4 Å². The highest BCUT2D eigenvalue weighted by Gasteiger charge is 2.18. The first-order valence-electron chi connectivity index (χ1n) is 5.36. The Bertz CT molecular complexity index is 432. The molecule has 0 radical (unpaired) electrons. The van der Waals surface area contributed by atoms with E-state index in [1.54, 1.807) is 12.1 Å². The molecule has 1 rings (SSSR count). The van der Waals surface area contributed by atoms with Crippen LogP contribution in [0.5, 0.6) is 0 Å². The Kier molecular flexibility index (Phi) is 4.10. The molecule has 0 bridgehead atoms. The molecule has 0 heterocycles. The molecule has 0 aliphatic carbocycles. The third kappa shape index (κ3) is 3.61. The van der Waals surface area contributed by atoms with Crippen LogP contribution in [0.25, 0.3) is 0 Å². The summed E-state index contributed by atoms with van der Waals surface area (Å²) in [5, 5.41) is -0.861. The molecule has 0 spiro atoms. The van der Waals surface area contributed by atoms with Crippen LogP contribution in [0, 0.1) is 5.92 Å². The van der Waals surface area contributed by atoms with Crippen LogP contribution in [0.4, 0.5) is 0 Å². The maximum Gasteiger partial charge on any atom is 0.271 e. The van der Waals surface area contributed by atoms with Gasteiger partial charge in [0.05, 0.1) is 0 Å². The summed E-state index contributed by atoms with van der Waals surface area (Å²) in [6.45, 7) is 5.75. The van der Waals surface area contributed by atoms with Crippen LogP contribution >= 0.6 is 0 Å². The molecule has 0 unspecified atom stereocenters. The second-order valence-electron chi connectivity index (χ2n) is 4.50. The first-order chi connectivity index (χ1) is 7.30. The molecule has 3 nitrogen and oxygen atoms in total. The van der Waals surface area contributed by atoms with Gasteiger partial charge < -0.3 is 0 Å². The van der Waals surface area contributed by atoms with Gasteiger partial charge in [-0.05, 0) is 30.4 Å². The Morgan fingerprint density at radius 3 is 2.00 bits per heavy atom. The van der Waals surface area contributed by atoms with Crippen molar-refractivity contribution in [1.82, 2.24) is 0 Å². The van der Waals surface area contributed by atoms with Crippen molar-refractivity contribution < 1.29 is 13.0 Å². The fourth-order valence-electron chi connectivity index (χ4n) is 1.57. The summed E-state index contributed by atoms with van der Waals surface area (Å²) < 4.78 is 30.8. The Hall–Kier alpha value is -0.870. The maximum absolute atomic E-state index is 10.9. The fraction of sp³-hybridized carbons (Fsp3) is 0.500. The number of hydrogen-bond acceptors (Lipinski definition) is 2. The van der Waals surface area contributed by atoms with Crippen molar-refractivity contribution in [2.24, 2.45) is 5.92 Å². The van der Waals surface area contributed by atoms with E-state index >= 15 is 0 Å². The molecular formula is C12H18O3S. The van der Waals surface area contributed by atoms with Crippen molar-refractivity contribution in [3.05, 3.63) is 35.4 Å². The van der Waals surface area contributed by atoms with Gasteiger partial charge in [0.1, 0.15) is 5.25 Å². The van der Waals surface area contributed by atoms with Gasteiger partial charge in [-0.25, -0.2) is 0 Å². The number of rotatable bonds is 4. The minimum atomic E-state index is -3.99. The Morgan fingerprint density at radius 2 is 1.62 bits per heavy atom. The molecule has 0 aromatic heterocycles. The lowest BCUT2D eigenvalue weighted by molar-refractivity contribution is 0.472. The van der Waals surface area contributed by atoms with Gasteiger partial charge in [0, 0.05) is 0 Å². The van der Waals surface area contributed by atoms with E-state index in [0.717, 1.165) is 6.42 Å². The molecule has 1 atom stereocenters. The largest absolute Gasteiger partial charge is 0.285 e. The normalized spacial score (nSPS) is 14.1. The minimum Gasteiger partial charge on any atom is -0.285 e. The Labute approximate surface area is 97.2 Å². The summed E-state index contributed by atoms with van der Waals surface area (Å²) in [5.74, 6) is 0.574. The molecule has 0 saturated heterocycles. The molecule has 16 heavy (non-hydrogen) atoms. The second kappa shape index (κ2) is 4.97. The van der Waals surface area contributed by atoms with Crippen LogP contribution in [0.15, 0.2) is 24.3 Å². The van der Waals surface area contributed by atoms with E-state index in [-0.39, 0.29) is 0 Å². The molecule has 1 aromatic rings. The van der Waals surface area contributed by atoms with Crippen molar-refractivity contribution in [1.29, 1.82) is 0 Å². The number of benzene rings is 1. The van der Waals surface area contributed by atoms with Crippen LogP contribution in [-0.4, -0.2) is 13.0 Å². The minimum absolute atomic E-state index is 0.574. The van der Waals surface area contributed by atoms with E-state index in [0.29, 0.717) is 11.5 Å². The van der Waals surface area contributed by atoms with Gasteiger partial charge in [0.25, 0.3) is 10.1 Å². The number of hydrogen-bond donors (Lipinski definition) is 1. The summed E-state index contributed by atoms with van der Waals surface area (Å²) in [4.78, 5) is 0. The van der Waals surface area contributed by atoms with Crippen LogP contribution < -0.4 is 0 Å². The van der Waals surface area contributed by atoms with E-state index in [9.17, 15) is 8.42 Å². The monoisotopic (exact) mass is 242 g/mol. The van der Waals surface area contributed by atoms with Gasteiger partial charge in [-0.1, -0.05) is 38.1 Å². The van der Waals surface area contributed by atoms with Crippen molar-refractivity contribution in [2.45, 2.75) is 32.4 Å². The van der Waals surface area contributed by atoms with Gasteiger partial charge in [0.15, 0.2) is 0 Å². The lowest BCUT2D eigenvalue weighted by Gasteiger charge is -2.10. The first-order valence-corrected chi connectivity index (χ1v) is 6.86. The summed E-state index contributed by atoms with van der Waals surface area (Å²) in [7, 11) is -3.99. The third-order valence-corrected chi connectivity index (χ3v) is 3.71. The zero-order valence-electron chi connectivity index (χ0n) is 9.84. The average Bonchev–Trinajstić information content (AvgIpc) is 2.15. The first kappa shape index (κ1) is 13.2. The highest BCUT2D eigenvalue weighted by Crippen LogP contribution is 2.21. The lowest BCUT2D eigenvalue weighted by atomic mass is 10.0. The van der Waals surface area contributed by atoms with Gasteiger partial charge in [0.2, 0.25) is 0 Å². The smallest absolute Gasteiger partial charge is 0.271 e. The molecule has 0 amide bonds. The zero-order valence-corrected chi connectivity index (χ0v) is 10.7. The van der Waals surface area contributed by atoms with Crippen LogP contribution in [0.2, 0.25) is 0 Å². The van der Waals surface area contributed by atoms with Gasteiger partial charge in [-0.15, -0.1) is 0 Å². The second-order valence-corrected chi connectivity index (χ2v) is 6.23. The van der Waals surface area contributed by atoms with Crippen molar-refractivity contribution >= 4 is 10.1 Å². The van der Waals surface area contributed by atoms with E-state index in [1.165, 1.54) is 12.5 Å². The van der Waals surface area contributed by atoms with Crippen LogP contribution in [0.3, 0.4) is 0 Å². The summed E-state index contributed by atoms with van der Waals surface area (Å²) in [5.41, 5.74) is 1.80. The SMILES string of the molecule is CC(C)Cc1ccc([C@@H](C)S(=O)(=O)O)cc1. The maximum atomic E-state index is 10.9. The third-order valence-electron chi connectivity index (χ3n) is 2.54. The van der Waals surface area contributed by atoms with E-state index in [4.69, 9.17) is 4.55 Å². The van der Waals surface area contributed by atoms with Gasteiger partial charge >= 0.3 is 0 Å². The zero-order chi connectivity index (χ0) is 12.3. The van der Waals surface area contributed by atoms with Crippen LogP contribution in [0.1, 0.15) is 37.1 Å². The molecule has 0 aliphatic heterocycles. The van der Waals surface area contributed by atoms with E-state index in [1.807, 2.05) is 12.1 Å². The van der Waals surface area contributed by atoms with Crippen LogP contribution in [-0.2, 0) is 16.5 Å². The fourth-order valence-corrected chi connectivity index (χ4v) is 2.07. The molecule has 0 saturated carbocycles. The summed E-state index contributed by atoms with van der Waals surface area (Å²) in [6.07, 6.45) is 0.973. The summed E-state index contributed by atoms with van der Waals surface area (Å²) >= 11 is 0. The van der Waals surface area contributed by atoms with Gasteiger partial charge in [-0.2, -0.15) is 8.42 Å². The highest BCUT2D eigenvalue weighted by atomic mass is 32.2. The predicted molar refractivity (Wildman–Crippen MR) is 64.9 cm³/mol. The molecule has 1 N–H and O–H groups in total. The lowest BCUT2D eigenvalue weighted by Crippen LogP contribution is -2.08. The molecule has 0 fully saturated rings. The van der Waals surface area contributed by atoms with Crippen molar-refractivity contribution in [2.75, 3.05) is 0 Å². The quantitative estimate of drug-likeness (QED) is 0.826.